The molecule has 0 amide bonds. The number of rotatable bonds is 4. The first kappa shape index (κ1) is 11.9. The van der Waals surface area contributed by atoms with Crippen molar-refractivity contribution in [2.75, 3.05) is 7.11 Å². The van der Waals surface area contributed by atoms with E-state index in [0.717, 1.165) is 28.6 Å². The number of hydrogen-bond donors (Lipinski definition) is 2. The van der Waals surface area contributed by atoms with Crippen molar-refractivity contribution >= 4 is 12.0 Å². The summed E-state index contributed by atoms with van der Waals surface area (Å²) in [5.41, 5.74) is 2.41. The van der Waals surface area contributed by atoms with Crippen molar-refractivity contribution in [2.24, 2.45) is 0 Å². The summed E-state index contributed by atoms with van der Waals surface area (Å²) in [6.07, 6.45) is 4.17. The number of carboxylic acids is 1. The number of benzene rings is 1. The molecule has 0 atom stereocenters. The highest BCUT2D eigenvalue weighted by atomic mass is 16.5. The normalized spacial score (nSPS) is 10.7. The molecule has 0 bridgehead atoms. The van der Waals surface area contributed by atoms with Crippen LogP contribution in [0, 0.1) is 0 Å². The average Bonchev–Trinajstić information content (AvgIpc) is 2.85. The van der Waals surface area contributed by atoms with Crippen molar-refractivity contribution < 1.29 is 14.6 Å². The van der Waals surface area contributed by atoms with E-state index >= 15 is 0 Å². The van der Waals surface area contributed by atoms with Gasteiger partial charge < -0.3 is 9.84 Å². The lowest BCUT2D eigenvalue weighted by atomic mass is 10.1. The molecule has 0 aliphatic heterocycles. The van der Waals surface area contributed by atoms with Crippen molar-refractivity contribution in [3.63, 3.8) is 0 Å². The molecular formula is C13H12N2O3. The predicted octanol–water partition coefficient (Wildman–Crippen LogP) is 2.18. The van der Waals surface area contributed by atoms with Gasteiger partial charge in [0.25, 0.3) is 0 Å². The Balaban J connectivity index is 2.32. The molecule has 2 rings (SSSR count). The zero-order valence-electron chi connectivity index (χ0n) is 9.75. The Kier molecular flexibility index (Phi) is 3.43. The molecule has 2 aromatic rings. The Hall–Kier alpha value is -2.56. The van der Waals surface area contributed by atoms with Gasteiger partial charge in [-0.05, 0) is 30.3 Å². The molecule has 5 heteroatoms. The van der Waals surface area contributed by atoms with Crippen molar-refractivity contribution in [1.29, 1.82) is 0 Å². The first-order chi connectivity index (χ1) is 8.70. The van der Waals surface area contributed by atoms with Crippen LogP contribution in [0.2, 0.25) is 0 Å². The topological polar surface area (TPSA) is 75.2 Å². The summed E-state index contributed by atoms with van der Waals surface area (Å²) >= 11 is 0. The number of hydrogen-bond acceptors (Lipinski definition) is 3. The van der Waals surface area contributed by atoms with E-state index < -0.39 is 5.97 Å². The lowest BCUT2D eigenvalue weighted by Gasteiger charge is -2.02. The lowest BCUT2D eigenvalue weighted by molar-refractivity contribution is -0.131. The fourth-order valence-corrected chi connectivity index (χ4v) is 1.57. The first-order valence-electron chi connectivity index (χ1n) is 5.29. The van der Waals surface area contributed by atoms with Crippen LogP contribution in [0.5, 0.6) is 5.75 Å². The van der Waals surface area contributed by atoms with E-state index in [2.05, 4.69) is 10.2 Å². The second-order valence-electron chi connectivity index (χ2n) is 3.60. The van der Waals surface area contributed by atoms with Gasteiger partial charge in [-0.2, -0.15) is 5.10 Å². The van der Waals surface area contributed by atoms with E-state index in [-0.39, 0.29) is 0 Å². The van der Waals surface area contributed by atoms with Crippen molar-refractivity contribution in [1.82, 2.24) is 10.2 Å². The maximum atomic E-state index is 10.5. The molecule has 1 aromatic heterocycles. The quantitative estimate of drug-likeness (QED) is 0.808. The molecule has 1 aromatic carbocycles. The molecule has 0 aliphatic carbocycles. The lowest BCUT2D eigenvalue weighted by Crippen LogP contribution is -1.87. The summed E-state index contributed by atoms with van der Waals surface area (Å²) < 4.78 is 5.08. The third-order valence-electron chi connectivity index (χ3n) is 2.45. The molecule has 92 valence electrons. The van der Waals surface area contributed by atoms with E-state index in [4.69, 9.17) is 9.84 Å². The van der Waals surface area contributed by atoms with Gasteiger partial charge in [0, 0.05) is 17.2 Å². The van der Waals surface area contributed by atoms with Gasteiger partial charge in [-0.25, -0.2) is 4.79 Å². The summed E-state index contributed by atoms with van der Waals surface area (Å²) in [7, 11) is 1.60. The molecule has 5 nitrogen and oxygen atoms in total. The first-order valence-corrected chi connectivity index (χ1v) is 5.29. The SMILES string of the molecule is COc1ccc(-c2[nH]ncc2/C=C/C(=O)O)cc1. The van der Waals surface area contributed by atoms with Crippen LogP contribution >= 0.6 is 0 Å². The number of nitrogens with one attached hydrogen (secondary N) is 1. The molecule has 1 heterocycles. The van der Waals surface area contributed by atoms with Crippen LogP contribution in [0.25, 0.3) is 17.3 Å². The second kappa shape index (κ2) is 5.18. The standard InChI is InChI=1S/C13H12N2O3/c1-18-11-5-2-9(3-6-11)13-10(8-14-15-13)4-7-12(16)17/h2-8H,1H3,(H,14,15)(H,16,17)/b7-4+. The highest BCUT2D eigenvalue weighted by Gasteiger charge is 2.05. The number of nitrogens with zero attached hydrogens (tertiary/aromatic N) is 1. The fraction of sp³-hybridized carbons (Fsp3) is 0.0769. The average molecular weight is 244 g/mol. The Morgan fingerprint density at radius 1 is 1.39 bits per heavy atom. The molecule has 0 fully saturated rings. The monoisotopic (exact) mass is 244 g/mol. The number of carboxylic acid groups (broad SMARTS) is 1. The minimum Gasteiger partial charge on any atom is -0.497 e. The highest BCUT2D eigenvalue weighted by Crippen LogP contribution is 2.24. The van der Waals surface area contributed by atoms with E-state index in [1.165, 1.54) is 6.08 Å². The number of methoxy groups -OCH3 is 1. The van der Waals surface area contributed by atoms with E-state index in [1.807, 2.05) is 24.3 Å². The van der Waals surface area contributed by atoms with Gasteiger partial charge in [-0.15, -0.1) is 0 Å². The van der Waals surface area contributed by atoms with Crippen LogP contribution in [-0.4, -0.2) is 28.4 Å². The Morgan fingerprint density at radius 2 is 2.11 bits per heavy atom. The summed E-state index contributed by atoms with van der Waals surface area (Å²) in [5, 5.41) is 15.4. The minimum atomic E-state index is -0.989. The van der Waals surface area contributed by atoms with Crippen LogP contribution in [0.4, 0.5) is 0 Å². The third-order valence-corrected chi connectivity index (χ3v) is 2.45. The highest BCUT2D eigenvalue weighted by molar-refractivity contribution is 5.87. The van der Waals surface area contributed by atoms with Gasteiger partial charge in [-0.3, -0.25) is 5.10 Å². The van der Waals surface area contributed by atoms with Crippen LogP contribution in [0.3, 0.4) is 0 Å². The van der Waals surface area contributed by atoms with Gasteiger partial charge in [0.1, 0.15) is 5.75 Å². The number of aromatic nitrogens is 2. The number of aliphatic carboxylic acids is 1. The Labute approximate surface area is 104 Å². The van der Waals surface area contributed by atoms with Crippen molar-refractivity contribution in [3.8, 4) is 17.0 Å². The Bertz CT molecular complexity index is 570. The molecule has 0 radical (unpaired) electrons. The molecule has 18 heavy (non-hydrogen) atoms. The number of H-pyrrole nitrogens is 1. The molecule has 0 aliphatic rings. The molecular weight excluding hydrogens is 232 g/mol. The smallest absolute Gasteiger partial charge is 0.328 e. The summed E-state index contributed by atoms with van der Waals surface area (Å²) in [4.78, 5) is 10.5. The van der Waals surface area contributed by atoms with E-state index in [0.29, 0.717) is 0 Å². The number of carbonyl (C=O) groups is 1. The zero-order chi connectivity index (χ0) is 13.0. The maximum absolute atomic E-state index is 10.5. The summed E-state index contributed by atoms with van der Waals surface area (Å²) in [6.45, 7) is 0. The zero-order valence-corrected chi connectivity index (χ0v) is 9.75. The molecule has 0 unspecified atom stereocenters. The third kappa shape index (κ3) is 2.57. The number of ether oxygens (including phenoxy) is 1. The summed E-state index contributed by atoms with van der Waals surface area (Å²) in [5.74, 6) is -0.224. The second-order valence-corrected chi connectivity index (χ2v) is 3.60. The largest absolute Gasteiger partial charge is 0.497 e. The molecule has 0 spiro atoms. The van der Waals surface area contributed by atoms with Crippen LogP contribution < -0.4 is 4.74 Å². The van der Waals surface area contributed by atoms with E-state index in [1.54, 1.807) is 13.3 Å². The van der Waals surface area contributed by atoms with Crippen LogP contribution in [-0.2, 0) is 4.79 Å². The van der Waals surface area contributed by atoms with Gasteiger partial charge in [0.15, 0.2) is 0 Å². The maximum Gasteiger partial charge on any atom is 0.328 e. The van der Waals surface area contributed by atoms with Gasteiger partial charge >= 0.3 is 5.97 Å². The van der Waals surface area contributed by atoms with Crippen LogP contribution in [0.15, 0.2) is 36.5 Å². The van der Waals surface area contributed by atoms with Gasteiger partial charge in [0.05, 0.1) is 19.0 Å². The summed E-state index contributed by atoms with van der Waals surface area (Å²) in [6, 6.07) is 7.43. The fourth-order valence-electron chi connectivity index (χ4n) is 1.57. The van der Waals surface area contributed by atoms with Crippen molar-refractivity contribution in [2.45, 2.75) is 0 Å². The minimum absolute atomic E-state index is 0.725. The number of aromatic amines is 1. The van der Waals surface area contributed by atoms with Gasteiger partial charge in [0.2, 0.25) is 0 Å². The Morgan fingerprint density at radius 3 is 2.72 bits per heavy atom. The molecule has 0 saturated carbocycles. The van der Waals surface area contributed by atoms with Crippen molar-refractivity contribution in [3.05, 3.63) is 42.1 Å². The van der Waals surface area contributed by atoms with E-state index in [9.17, 15) is 4.79 Å². The van der Waals surface area contributed by atoms with Crippen LogP contribution in [0.1, 0.15) is 5.56 Å². The molecule has 2 N–H and O–H groups in total. The predicted molar refractivity (Wildman–Crippen MR) is 67.2 cm³/mol. The molecule has 0 saturated heterocycles. The van der Waals surface area contributed by atoms with Gasteiger partial charge in [-0.1, -0.05) is 0 Å².